The van der Waals surface area contributed by atoms with Gasteiger partial charge in [-0.2, -0.15) is 0 Å². The van der Waals surface area contributed by atoms with E-state index in [2.05, 4.69) is 19.1 Å². The standard InChI is InChI=1S/C28H50NO/c1-2-3-4-5-6-7-8-9-10-11-12-13-14-15-16-17-18-22-26-29(30)27-25-28-23-20-19-21-24-28/h19-21,23-24H,2-18,22,25-27H2,1H3/q-1. The summed E-state index contributed by atoms with van der Waals surface area (Å²) in [6.07, 6.45) is 25.8. The molecule has 174 valence electrons. The SMILES string of the molecule is CCCCCCCCCCCCCCCCCCCCN([O-])CCc1ccccc1. The van der Waals surface area contributed by atoms with Gasteiger partial charge in [0.2, 0.25) is 0 Å². The molecule has 0 aliphatic rings. The Hall–Kier alpha value is -0.860. The smallest absolute Gasteiger partial charge is 0.0103 e. The first-order chi connectivity index (χ1) is 14.8. The van der Waals surface area contributed by atoms with Gasteiger partial charge in [-0.1, -0.05) is 146 Å². The van der Waals surface area contributed by atoms with Crippen LogP contribution in [0.3, 0.4) is 0 Å². The highest BCUT2D eigenvalue weighted by Gasteiger charge is 1.97. The molecule has 0 aliphatic carbocycles. The van der Waals surface area contributed by atoms with E-state index in [9.17, 15) is 5.21 Å². The van der Waals surface area contributed by atoms with Gasteiger partial charge in [-0.15, -0.1) is 0 Å². The Balaban J connectivity index is 1.72. The molecule has 2 heteroatoms. The van der Waals surface area contributed by atoms with E-state index in [0.29, 0.717) is 13.1 Å². The number of unbranched alkanes of at least 4 members (excludes halogenated alkanes) is 17. The molecule has 0 unspecified atom stereocenters. The molecule has 0 spiro atoms. The molecule has 0 radical (unpaired) electrons. The third kappa shape index (κ3) is 18.0. The van der Waals surface area contributed by atoms with Gasteiger partial charge >= 0.3 is 0 Å². The monoisotopic (exact) mass is 416 g/mol. The Morgan fingerprint density at radius 1 is 0.533 bits per heavy atom. The molecule has 0 bridgehead atoms. The van der Waals surface area contributed by atoms with Gasteiger partial charge in [0.05, 0.1) is 0 Å². The highest BCUT2D eigenvalue weighted by molar-refractivity contribution is 5.14. The second kappa shape index (κ2) is 21.4. The van der Waals surface area contributed by atoms with Crippen LogP contribution in [0, 0.1) is 5.21 Å². The molecule has 30 heavy (non-hydrogen) atoms. The molecule has 0 fully saturated rings. The van der Waals surface area contributed by atoms with Crippen LogP contribution in [0.2, 0.25) is 0 Å². The van der Waals surface area contributed by atoms with Crippen LogP contribution >= 0.6 is 0 Å². The summed E-state index contributed by atoms with van der Waals surface area (Å²) in [5.41, 5.74) is 1.26. The van der Waals surface area contributed by atoms with Crippen molar-refractivity contribution in [2.45, 2.75) is 129 Å². The first-order valence-electron chi connectivity index (χ1n) is 13.3. The van der Waals surface area contributed by atoms with Gasteiger partial charge in [-0.05, 0) is 31.5 Å². The fourth-order valence-electron chi connectivity index (χ4n) is 4.20. The van der Waals surface area contributed by atoms with E-state index in [0.717, 1.165) is 12.8 Å². The van der Waals surface area contributed by atoms with Crippen LogP contribution in [-0.4, -0.2) is 18.2 Å². The van der Waals surface area contributed by atoms with Crippen molar-refractivity contribution >= 4 is 0 Å². The number of nitrogens with zero attached hydrogens (tertiary/aromatic N) is 1. The van der Waals surface area contributed by atoms with E-state index >= 15 is 0 Å². The summed E-state index contributed by atoms with van der Waals surface area (Å²) < 4.78 is 0. The zero-order chi connectivity index (χ0) is 21.5. The molecule has 0 atom stereocenters. The summed E-state index contributed by atoms with van der Waals surface area (Å²) in [6, 6.07) is 10.3. The predicted octanol–water partition coefficient (Wildman–Crippen LogP) is 9.07. The molecule has 0 saturated heterocycles. The highest BCUT2D eigenvalue weighted by atomic mass is 16.5. The van der Waals surface area contributed by atoms with Crippen LogP contribution < -0.4 is 0 Å². The van der Waals surface area contributed by atoms with Gasteiger partial charge in [-0.25, -0.2) is 0 Å². The lowest BCUT2D eigenvalue weighted by Crippen LogP contribution is -2.20. The molecule has 0 N–H and O–H groups in total. The number of hydrogen-bond donors (Lipinski definition) is 0. The molecule has 0 saturated carbocycles. The molecule has 0 heterocycles. The Morgan fingerprint density at radius 2 is 0.933 bits per heavy atom. The van der Waals surface area contributed by atoms with Gasteiger partial charge in [0.15, 0.2) is 0 Å². The second-order valence-electron chi connectivity index (χ2n) is 9.18. The maximum absolute atomic E-state index is 11.9. The quantitative estimate of drug-likeness (QED) is 0.139. The maximum Gasteiger partial charge on any atom is -0.0103 e. The van der Waals surface area contributed by atoms with Crippen molar-refractivity contribution in [2.75, 3.05) is 13.1 Å². The Morgan fingerprint density at radius 3 is 1.37 bits per heavy atom. The van der Waals surface area contributed by atoms with E-state index in [1.807, 2.05) is 18.2 Å². The Labute approximate surface area is 188 Å². The minimum Gasteiger partial charge on any atom is -0.785 e. The summed E-state index contributed by atoms with van der Waals surface area (Å²) in [4.78, 5) is 0. The van der Waals surface area contributed by atoms with E-state index < -0.39 is 0 Å². The van der Waals surface area contributed by atoms with Crippen LogP contribution in [0.4, 0.5) is 0 Å². The summed E-state index contributed by atoms with van der Waals surface area (Å²) in [5.74, 6) is 0. The average Bonchev–Trinajstić information content (AvgIpc) is 2.77. The molecule has 2 nitrogen and oxygen atoms in total. The van der Waals surface area contributed by atoms with E-state index in [1.165, 1.54) is 120 Å². The topological polar surface area (TPSA) is 26.3 Å². The average molecular weight is 417 g/mol. The molecule has 0 aromatic heterocycles. The normalized spacial score (nSPS) is 11.4. The van der Waals surface area contributed by atoms with Gasteiger partial charge in [0.25, 0.3) is 0 Å². The number of hydroxylamine groups is 2. The van der Waals surface area contributed by atoms with Crippen molar-refractivity contribution in [2.24, 2.45) is 0 Å². The minimum absolute atomic E-state index is 0.628. The molecule has 1 aromatic rings. The first kappa shape index (κ1) is 27.2. The van der Waals surface area contributed by atoms with Gasteiger partial charge < -0.3 is 10.3 Å². The minimum atomic E-state index is 0.628. The van der Waals surface area contributed by atoms with Crippen LogP contribution in [0.5, 0.6) is 0 Å². The molecule has 0 aliphatic heterocycles. The number of hydrogen-bond acceptors (Lipinski definition) is 2. The second-order valence-corrected chi connectivity index (χ2v) is 9.18. The highest BCUT2D eigenvalue weighted by Crippen LogP contribution is 2.14. The van der Waals surface area contributed by atoms with Crippen molar-refractivity contribution in [3.8, 4) is 0 Å². The van der Waals surface area contributed by atoms with Crippen molar-refractivity contribution in [1.82, 2.24) is 5.06 Å². The van der Waals surface area contributed by atoms with Gasteiger partial charge in [0.1, 0.15) is 0 Å². The third-order valence-electron chi connectivity index (χ3n) is 6.25. The maximum atomic E-state index is 11.9. The third-order valence-corrected chi connectivity index (χ3v) is 6.25. The van der Waals surface area contributed by atoms with Crippen LogP contribution in [0.15, 0.2) is 30.3 Å². The summed E-state index contributed by atoms with van der Waals surface area (Å²) in [7, 11) is 0. The largest absolute Gasteiger partial charge is 0.785 e. The fraction of sp³-hybridized carbons (Fsp3) is 0.786. The summed E-state index contributed by atoms with van der Waals surface area (Å²) >= 11 is 0. The lowest BCUT2D eigenvalue weighted by molar-refractivity contribution is 0.366. The number of rotatable bonds is 22. The molecular formula is C28H50NO-. The van der Waals surface area contributed by atoms with Gasteiger partial charge in [-0.3, -0.25) is 0 Å². The van der Waals surface area contributed by atoms with E-state index in [1.54, 1.807) is 0 Å². The zero-order valence-electron chi connectivity index (χ0n) is 20.1. The first-order valence-corrected chi connectivity index (χ1v) is 13.3. The Kier molecular flexibility index (Phi) is 19.4. The van der Waals surface area contributed by atoms with E-state index in [-0.39, 0.29) is 0 Å². The molecular weight excluding hydrogens is 366 g/mol. The predicted molar refractivity (Wildman–Crippen MR) is 134 cm³/mol. The van der Waals surface area contributed by atoms with Crippen molar-refractivity contribution < 1.29 is 0 Å². The summed E-state index contributed by atoms with van der Waals surface area (Å²) in [6.45, 7) is 3.62. The van der Waals surface area contributed by atoms with Crippen LogP contribution in [0.25, 0.3) is 0 Å². The molecule has 1 aromatic carbocycles. The van der Waals surface area contributed by atoms with Gasteiger partial charge in [0, 0.05) is 0 Å². The molecule has 1 rings (SSSR count). The van der Waals surface area contributed by atoms with Crippen molar-refractivity contribution in [1.29, 1.82) is 0 Å². The fourth-order valence-corrected chi connectivity index (χ4v) is 4.20. The zero-order valence-corrected chi connectivity index (χ0v) is 20.1. The van der Waals surface area contributed by atoms with E-state index in [4.69, 9.17) is 0 Å². The van der Waals surface area contributed by atoms with Crippen LogP contribution in [-0.2, 0) is 6.42 Å². The lowest BCUT2D eigenvalue weighted by Gasteiger charge is -2.28. The Bertz CT molecular complexity index is 447. The van der Waals surface area contributed by atoms with Crippen LogP contribution in [0.1, 0.15) is 128 Å². The lowest BCUT2D eigenvalue weighted by atomic mass is 10.0. The van der Waals surface area contributed by atoms with Crippen molar-refractivity contribution in [3.05, 3.63) is 41.1 Å². The number of benzene rings is 1. The van der Waals surface area contributed by atoms with Crippen molar-refractivity contribution in [3.63, 3.8) is 0 Å². The molecule has 0 amide bonds. The summed E-state index contributed by atoms with van der Waals surface area (Å²) in [5, 5.41) is 13.2.